The lowest BCUT2D eigenvalue weighted by molar-refractivity contribution is -0.145. The van der Waals surface area contributed by atoms with Gasteiger partial charge < -0.3 is 4.90 Å². The van der Waals surface area contributed by atoms with E-state index in [4.69, 9.17) is 0 Å². The van der Waals surface area contributed by atoms with Crippen molar-refractivity contribution in [1.29, 1.82) is 0 Å². The summed E-state index contributed by atoms with van der Waals surface area (Å²) >= 11 is 1.52. The maximum atomic E-state index is 11.9. The summed E-state index contributed by atoms with van der Waals surface area (Å²) in [6.45, 7) is 1.34. The number of likely N-dealkylation sites (tertiary alicyclic amines) is 1. The molecule has 1 aliphatic rings. The van der Waals surface area contributed by atoms with Crippen molar-refractivity contribution in [3.8, 4) is 0 Å². The lowest BCUT2D eigenvalue weighted by Crippen LogP contribution is -2.41. The van der Waals surface area contributed by atoms with Crippen LogP contribution in [-0.2, 0) is 9.59 Å². The van der Waals surface area contributed by atoms with Crippen molar-refractivity contribution in [2.75, 3.05) is 13.1 Å². The Labute approximate surface area is 116 Å². The molecule has 5 nitrogen and oxygen atoms in total. The van der Waals surface area contributed by atoms with E-state index < -0.39 is 11.8 Å². The van der Waals surface area contributed by atoms with Gasteiger partial charge in [0.2, 0.25) is 0 Å². The van der Waals surface area contributed by atoms with Crippen molar-refractivity contribution in [1.82, 2.24) is 10.3 Å². The van der Waals surface area contributed by atoms with Crippen molar-refractivity contribution in [3.05, 3.63) is 22.4 Å². The summed E-state index contributed by atoms with van der Waals surface area (Å²) in [6, 6.07) is 3.78. The number of rotatable bonds is 2. The van der Waals surface area contributed by atoms with Gasteiger partial charge in [-0.05, 0) is 24.3 Å². The zero-order valence-electron chi connectivity index (χ0n) is 10.7. The summed E-state index contributed by atoms with van der Waals surface area (Å²) in [6.07, 6.45) is 5.73. The predicted octanol–water partition coefficient (Wildman–Crippen LogP) is 1.60. The van der Waals surface area contributed by atoms with E-state index in [1.165, 1.54) is 17.6 Å². The number of hydrogen-bond acceptors (Lipinski definition) is 4. The molecule has 0 unspecified atom stereocenters. The Morgan fingerprint density at radius 1 is 1.26 bits per heavy atom. The predicted molar refractivity (Wildman–Crippen MR) is 75.1 cm³/mol. The summed E-state index contributed by atoms with van der Waals surface area (Å²) in [7, 11) is 0. The highest BCUT2D eigenvalue weighted by Gasteiger charge is 2.21. The lowest BCUT2D eigenvalue weighted by atomic mass is 10.2. The van der Waals surface area contributed by atoms with Gasteiger partial charge in [-0.2, -0.15) is 5.10 Å². The third-order valence-corrected chi connectivity index (χ3v) is 3.80. The number of hydrogen-bond donors (Lipinski definition) is 1. The second-order valence-electron chi connectivity index (χ2n) is 4.42. The second kappa shape index (κ2) is 7.04. The SMILES string of the molecule is O=C(NN=Cc1cccs1)C(=O)N1CCCCCC1. The van der Waals surface area contributed by atoms with Crippen LogP contribution in [0, 0.1) is 0 Å². The number of carbonyl (C=O) groups excluding carboxylic acids is 2. The summed E-state index contributed by atoms with van der Waals surface area (Å²) in [4.78, 5) is 26.1. The molecular weight excluding hydrogens is 262 g/mol. The van der Waals surface area contributed by atoms with Gasteiger partial charge in [0.25, 0.3) is 0 Å². The minimum atomic E-state index is -0.658. The largest absolute Gasteiger partial charge is 0.334 e. The van der Waals surface area contributed by atoms with Crippen LogP contribution in [0.25, 0.3) is 0 Å². The van der Waals surface area contributed by atoms with Crippen molar-refractivity contribution in [2.24, 2.45) is 5.10 Å². The number of nitrogens with zero attached hydrogens (tertiary/aromatic N) is 2. The third kappa shape index (κ3) is 4.17. The third-order valence-electron chi connectivity index (χ3n) is 2.99. The molecule has 0 radical (unpaired) electrons. The molecule has 1 N–H and O–H groups in total. The van der Waals surface area contributed by atoms with E-state index in [2.05, 4.69) is 10.5 Å². The zero-order chi connectivity index (χ0) is 13.5. The highest BCUT2D eigenvalue weighted by molar-refractivity contribution is 7.11. The van der Waals surface area contributed by atoms with Gasteiger partial charge in [0.1, 0.15) is 0 Å². The first-order valence-corrected chi connectivity index (χ1v) is 7.31. The van der Waals surface area contributed by atoms with E-state index in [1.54, 1.807) is 4.90 Å². The van der Waals surface area contributed by atoms with E-state index in [1.807, 2.05) is 17.5 Å². The van der Waals surface area contributed by atoms with Crippen LogP contribution in [0.3, 0.4) is 0 Å². The molecule has 1 fully saturated rings. The van der Waals surface area contributed by atoms with Crippen LogP contribution in [0.15, 0.2) is 22.6 Å². The Morgan fingerprint density at radius 3 is 2.63 bits per heavy atom. The molecule has 0 aromatic carbocycles. The zero-order valence-corrected chi connectivity index (χ0v) is 11.5. The van der Waals surface area contributed by atoms with Crippen LogP contribution in [0.2, 0.25) is 0 Å². The standard InChI is InChI=1S/C13H17N3O2S/c17-12(15-14-10-11-6-5-9-19-11)13(18)16-7-3-1-2-4-8-16/h5-6,9-10H,1-4,7-8H2,(H,15,17). The fraction of sp³-hybridized carbons (Fsp3) is 0.462. The Hall–Kier alpha value is -1.69. The molecule has 2 rings (SSSR count). The molecule has 0 saturated carbocycles. The molecular formula is C13H17N3O2S. The Bertz CT molecular complexity index is 448. The smallest absolute Gasteiger partial charge is 0.329 e. The molecule has 1 saturated heterocycles. The number of carbonyl (C=O) groups is 2. The first-order chi connectivity index (χ1) is 9.27. The first kappa shape index (κ1) is 13.7. The normalized spacial score (nSPS) is 16.3. The molecule has 2 heterocycles. The van der Waals surface area contributed by atoms with Crippen LogP contribution >= 0.6 is 11.3 Å². The number of hydrazone groups is 1. The van der Waals surface area contributed by atoms with Crippen LogP contribution in [-0.4, -0.2) is 36.0 Å². The highest BCUT2D eigenvalue weighted by Crippen LogP contribution is 2.09. The van der Waals surface area contributed by atoms with E-state index in [0.717, 1.165) is 30.6 Å². The molecule has 0 spiro atoms. The van der Waals surface area contributed by atoms with E-state index >= 15 is 0 Å². The maximum absolute atomic E-state index is 11.9. The minimum absolute atomic E-state index is 0.481. The lowest BCUT2D eigenvalue weighted by Gasteiger charge is -2.18. The average molecular weight is 279 g/mol. The fourth-order valence-corrected chi connectivity index (χ4v) is 2.57. The van der Waals surface area contributed by atoms with E-state index in [0.29, 0.717) is 13.1 Å². The van der Waals surface area contributed by atoms with Crippen molar-refractivity contribution in [2.45, 2.75) is 25.7 Å². The number of nitrogens with one attached hydrogen (secondary N) is 1. The first-order valence-electron chi connectivity index (χ1n) is 6.43. The summed E-state index contributed by atoms with van der Waals surface area (Å²) in [5, 5.41) is 5.71. The molecule has 1 aromatic heterocycles. The quantitative estimate of drug-likeness (QED) is 0.508. The summed E-state index contributed by atoms with van der Waals surface area (Å²) < 4.78 is 0. The fourth-order valence-electron chi connectivity index (χ4n) is 1.98. The van der Waals surface area contributed by atoms with Gasteiger partial charge >= 0.3 is 11.8 Å². The molecule has 19 heavy (non-hydrogen) atoms. The van der Waals surface area contributed by atoms with Gasteiger partial charge in [-0.15, -0.1) is 11.3 Å². The van der Waals surface area contributed by atoms with Crippen LogP contribution in [0.4, 0.5) is 0 Å². The molecule has 6 heteroatoms. The van der Waals surface area contributed by atoms with E-state index in [9.17, 15) is 9.59 Å². The molecule has 2 amide bonds. The van der Waals surface area contributed by atoms with Crippen LogP contribution < -0.4 is 5.43 Å². The van der Waals surface area contributed by atoms with Gasteiger partial charge in [-0.25, -0.2) is 5.43 Å². The molecule has 0 atom stereocenters. The molecule has 0 bridgehead atoms. The van der Waals surface area contributed by atoms with Crippen molar-refractivity contribution < 1.29 is 9.59 Å². The topological polar surface area (TPSA) is 61.8 Å². The minimum Gasteiger partial charge on any atom is -0.334 e. The average Bonchev–Trinajstić information content (AvgIpc) is 2.78. The van der Waals surface area contributed by atoms with Gasteiger partial charge in [-0.1, -0.05) is 18.9 Å². The number of thiophene rings is 1. The molecule has 102 valence electrons. The Morgan fingerprint density at radius 2 is 2.00 bits per heavy atom. The van der Waals surface area contributed by atoms with Gasteiger partial charge in [0, 0.05) is 18.0 Å². The molecule has 1 aliphatic heterocycles. The maximum Gasteiger partial charge on any atom is 0.329 e. The van der Waals surface area contributed by atoms with Gasteiger partial charge in [0.15, 0.2) is 0 Å². The molecule has 1 aromatic rings. The summed E-state index contributed by atoms with van der Waals surface area (Å²) in [5.41, 5.74) is 2.28. The van der Waals surface area contributed by atoms with E-state index in [-0.39, 0.29) is 0 Å². The Kier molecular flexibility index (Phi) is 5.09. The highest BCUT2D eigenvalue weighted by atomic mass is 32.1. The number of amides is 2. The molecule has 0 aliphatic carbocycles. The van der Waals surface area contributed by atoms with Gasteiger partial charge in [-0.3, -0.25) is 9.59 Å². The van der Waals surface area contributed by atoms with Crippen molar-refractivity contribution in [3.63, 3.8) is 0 Å². The van der Waals surface area contributed by atoms with Crippen molar-refractivity contribution >= 4 is 29.4 Å². The monoisotopic (exact) mass is 279 g/mol. The van der Waals surface area contributed by atoms with Crippen LogP contribution in [0.1, 0.15) is 30.6 Å². The van der Waals surface area contributed by atoms with Crippen LogP contribution in [0.5, 0.6) is 0 Å². The summed E-state index contributed by atoms with van der Waals surface area (Å²) in [5.74, 6) is -1.14. The second-order valence-corrected chi connectivity index (χ2v) is 5.40. The van der Waals surface area contributed by atoms with Gasteiger partial charge in [0.05, 0.1) is 6.21 Å². The Balaban J connectivity index is 1.83.